The van der Waals surface area contributed by atoms with Crippen LogP contribution in [0.25, 0.3) is 0 Å². The Labute approximate surface area is 139 Å². The molecule has 1 heterocycles. The first-order valence-corrected chi connectivity index (χ1v) is 8.50. The number of hydrogen-bond acceptors (Lipinski definition) is 5. The lowest BCUT2D eigenvalue weighted by Crippen LogP contribution is -2.29. The van der Waals surface area contributed by atoms with Gasteiger partial charge in [-0.05, 0) is 63.0 Å². The van der Waals surface area contributed by atoms with Crippen LogP contribution in [0.4, 0.5) is 0 Å². The fraction of sp³-hybridized carbons (Fsp3) is 0.667. The monoisotopic (exact) mass is 322 g/mol. The highest BCUT2D eigenvalue weighted by Crippen LogP contribution is 2.38. The molecule has 0 bridgehead atoms. The van der Waals surface area contributed by atoms with Gasteiger partial charge in [0.05, 0.1) is 21.3 Å². The standard InChI is InChI=1S/C18H30N2O3/c1-21-16-13-15(14-17(22-2)18(16)23-3)7-4-5-10-20-11-6-8-19-9-12-20/h13-14,19H,4-12H2,1-3H3. The number of benzene rings is 1. The molecular formula is C18H30N2O3. The van der Waals surface area contributed by atoms with Gasteiger partial charge >= 0.3 is 0 Å². The van der Waals surface area contributed by atoms with Gasteiger partial charge in [0, 0.05) is 13.1 Å². The highest BCUT2D eigenvalue weighted by Gasteiger charge is 2.13. The number of aryl methyl sites for hydroxylation is 1. The molecule has 1 aromatic carbocycles. The van der Waals surface area contributed by atoms with Crippen molar-refractivity contribution in [2.45, 2.75) is 25.7 Å². The van der Waals surface area contributed by atoms with Gasteiger partial charge in [-0.1, -0.05) is 0 Å². The van der Waals surface area contributed by atoms with Crippen LogP contribution in [-0.2, 0) is 6.42 Å². The van der Waals surface area contributed by atoms with Crippen LogP contribution in [0.15, 0.2) is 12.1 Å². The van der Waals surface area contributed by atoms with Crippen LogP contribution in [0.2, 0.25) is 0 Å². The van der Waals surface area contributed by atoms with Gasteiger partial charge in [-0.2, -0.15) is 0 Å². The molecule has 5 nitrogen and oxygen atoms in total. The number of nitrogens with one attached hydrogen (secondary N) is 1. The zero-order valence-electron chi connectivity index (χ0n) is 14.7. The Morgan fingerprint density at radius 2 is 1.70 bits per heavy atom. The molecule has 1 N–H and O–H groups in total. The van der Waals surface area contributed by atoms with Crippen LogP contribution in [0, 0.1) is 0 Å². The first-order chi connectivity index (χ1) is 11.3. The van der Waals surface area contributed by atoms with Crippen LogP contribution in [-0.4, -0.2) is 59.0 Å². The van der Waals surface area contributed by atoms with Crippen molar-refractivity contribution in [2.75, 3.05) is 54.1 Å². The highest BCUT2D eigenvalue weighted by molar-refractivity contribution is 5.53. The molecule has 1 aromatic rings. The van der Waals surface area contributed by atoms with Gasteiger partial charge in [-0.15, -0.1) is 0 Å². The van der Waals surface area contributed by atoms with E-state index in [1.807, 2.05) is 0 Å². The Balaban J connectivity index is 1.85. The van der Waals surface area contributed by atoms with Crippen molar-refractivity contribution in [3.05, 3.63) is 17.7 Å². The van der Waals surface area contributed by atoms with Gasteiger partial charge in [-0.3, -0.25) is 0 Å². The highest BCUT2D eigenvalue weighted by atomic mass is 16.5. The fourth-order valence-corrected chi connectivity index (χ4v) is 3.07. The maximum atomic E-state index is 5.41. The van der Waals surface area contributed by atoms with Crippen molar-refractivity contribution < 1.29 is 14.2 Å². The molecule has 2 rings (SSSR count). The second kappa shape index (κ2) is 9.63. The Morgan fingerprint density at radius 1 is 0.957 bits per heavy atom. The molecule has 1 aliphatic rings. The van der Waals surface area contributed by atoms with Crippen molar-refractivity contribution in [2.24, 2.45) is 0 Å². The molecule has 0 aliphatic carbocycles. The van der Waals surface area contributed by atoms with Crippen molar-refractivity contribution in [1.29, 1.82) is 0 Å². The predicted molar refractivity (Wildman–Crippen MR) is 93.0 cm³/mol. The number of hydrogen-bond donors (Lipinski definition) is 1. The van der Waals surface area contributed by atoms with E-state index in [4.69, 9.17) is 14.2 Å². The van der Waals surface area contributed by atoms with Gasteiger partial charge in [-0.25, -0.2) is 0 Å². The zero-order chi connectivity index (χ0) is 16.5. The lowest BCUT2D eigenvalue weighted by Gasteiger charge is -2.19. The van der Waals surface area contributed by atoms with Gasteiger partial charge < -0.3 is 24.4 Å². The van der Waals surface area contributed by atoms with E-state index in [0.717, 1.165) is 31.0 Å². The minimum Gasteiger partial charge on any atom is -0.493 e. The lowest BCUT2D eigenvalue weighted by molar-refractivity contribution is 0.286. The van der Waals surface area contributed by atoms with E-state index in [2.05, 4.69) is 22.3 Å². The average Bonchev–Trinajstić information content (AvgIpc) is 2.86. The zero-order valence-corrected chi connectivity index (χ0v) is 14.7. The maximum Gasteiger partial charge on any atom is 0.203 e. The summed E-state index contributed by atoms with van der Waals surface area (Å²) in [5.74, 6) is 2.14. The molecule has 0 amide bonds. The quantitative estimate of drug-likeness (QED) is 0.744. The van der Waals surface area contributed by atoms with Crippen LogP contribution in [0.3, 0.4) is 0 Å². The lowest BCUT2D eigenvalue weighted by atomic mass is 10.1. The third-order valence-electron chi connectivity index (χ3n) is 4.35. The Kier molecular flexibility index (Phi) is 7.49. The van der Waals surface area contributed by atoms with Crippen LogP contribution in [0.5, 0.6) is 17.2 Å². The summed E-state index contributed by atoms with van der Waals surface area (Å²) >= 11 is 0. The normalized spacial score (nSPS) is 16.0. The predicted octanol–water partition coefficient (Wildman–Crippen LogP) is 2.33. The van der Waals surface area contributed by atoms with Crippen molar-refractivity contribution in [3.8, 4) is 17.2 Å². The molecule has 0 saturated carbocycles. The second-order valence-electron chi connectivity index (χ2n) is 5.94. The molecule has 23 heavy (non-hydrogen) atoms. The van der Waals surface area contributed by atoms with Crippen LogP contribution in [0.1, 0.15) is 24.8 Å². The smallest absolute Gasteiger partial charge is 0.203 e. The van der Waals surface area contributed by atoms with E-state index in [9.17, 15) is 0 Å². The molecule has 0 atom stereocenters. The summed E-state index contributed by atoms with van der Waals surface area (Å²) in [6.45, 7) is 5.85. The van der Waals surface area contributed by atoms with Gasteiger partial charge in [0.2, 0.25) is 5.75 Å². The summed E-state index contributed by atoms with van der Waals surface area (Å²) in [6.07, 6.45) is 4.68. The molecular weight excluding hydrogens is 292 g/mol. The van der Waals surface area contributed by atoms with E-state index in [-0.39, 0.29) is 0 Å². The third kappa shape index (κ3) is 5.29. The molecule has 5 heteroatoms. The van der Waals surface area contributed by atoms with E-state index in [0.29, 0.717) is 5.75 Å². The van der Waals surface area contributed by atoms with E-state index >= 15 is 0 Å². The molecule has 0 radical (unpaired) electrons. The summed E-state index contributed by atoms with van der Waals surface area (Å²) in [5, 5.41) is 3.45. The van der Waals surface area contributed by atoms with Gasteiger partial charge in [0.15, 0.2) is 11.5 Å². The first kappa shape index (κ1) is 17.9. The third-order valence-corrected chi connectivity index (χ3v) is 4.35. The Hall–Kier alpha value is -1.46. The summed E-state index contributed by atoms with van der Waals surface area (Å²) in [4.78, 5) is 2.56. The summed E-state index contributed by atoms with van der Waals surface area (Å²) < 4.78 is 16.2. The van der Waals surface area contributed by atoms with E-state index < -0.39 is 0 Å². The summed E-state index contributed by atoms with van der Waals surface area (Å²) in [5.41, 5.74) is 1.23. The van der Waals surface area contributed by atoms with Crippen LogP contribution < -0.4 is 19.5 Å². The van der Waals surface area contributed by atoms with E-state index in [1.165, 1.54) is 44.5 Å². The minimum atomic E-state index is 0.663. The van der Waals surface area contributed by atoms with Crippen LogP contribution >= 0.6 is 0 Å². The van der Waals surface area contributed by atoms with Crippen molar-refractivity contribution >= 4 is 0 Å². The summed E-state index contributed by atoms with van der Waals surface area (Å²) in [7, 11) is 4.96. The maximum absolute atomic E-state index is 5.41. The molecule has 0 aromatic heterocycles. The molecule has 130 valence electrons. The first-order valence-electron chi connectivity index (χ1n) is 8.50. The topological polar surface area (TPSA) is 43.0 Å². The van der Waals surface area contributed by atoms with E-state index in [1.54, 1.807) is 21.3 Å². The van der Waals surface area contributed by atoms with Crippen molar-refractivity contribution in [1.82, 2.24) is 10.2 Å². The number of unbranched alkanes of at least 4 members (excludes halogenated alkanes) is 1. The molecule has 0 spiro atoms. The Bertz CT molecular complexity index is 446. The SMILES string of the molecule is COc1cc(CCCCN2CCCNCC2)cc(OC)c1OC. The molecule has 1 saturated heterocycles. The molecule has 1 fully saturated rings. The number of rotatable bonds is 8. The van der Waals surface area contributed by atoms with Crippen molar-refractivity contribution in [3.63, 3.8) is 0 Å². The number of nitrogens with zero attached hydrogens (tertiary/aromatic N) is 1. The van der Waals surface area contributed by atoms with Gasteiger partial charge in [0.1, 0.15) is 0 Å². The Morgan fingerprint density at radius 3 is 2.35 bits per heavy atom. The van der Waals surface area contributed by atoms with Gasteiger partial charge in [0.25, 0.3) is 0 Å². The number of methoxy groups -OCH3 is 3. The second-order valence-corrected chi connectivity index (χ2v) is 5.94. The summed E-state index contributed by atoms with van der Waals surface area (Å²) in [6, 6.07) is 4.11. The molecule has 1 aliphatic heterocycles. The minimum absolute atomic E-state index is 0.663. The molecule has 0 unspecified atom stereocenters. The number of ether oxygens (including phenoxy) is 3. The average molecular weight is 322 g/mol. The fourth-order valence-electron chi connectivity index (χ4n) is 3.07. The largest absolute Gasteiger partial charge is 0.493 e.